The Morgan fingerprint density at radius 3 is 2.79 bits per heavy atom. The molecule has 2 aromatic rings. The quantitative estimate of drug-likeness (QED) is 0.822. The highest BCUT2D eigenvalue weighted by atomic mass is 19.3. The molecule has 1 aromatic heterocycles. The van der Waals surface area contributed by atoms with Crippen molar-refractivity contribution in [3.8, 4) is 22.8 Å². The highest BCUT2D eigenvalue weighted by Gasteiger charge is 2.31. The first-order chi connectivity index (χ1) is 14.0. The number of aryl methyl sites for hydroxylation is 1. The number of hydrogen-bond donors (Lipinski definition) is 1. The number of halogens is 2. The number of likely N-dealkylation sites (N-methyl/N-ethyl adjacent to an activating group) is 1. The van der Waals surface area contributed by atoms with Gasteiger partial charge < -0.3 is 19.6 Å². The topological polar surface area (TPSA) is 61.7 Å². The number of piperidine rings is 1. The van der Waals surface area contributed by atoms with Crippen LogP contribution in [0.2, 0.25) is 0 Å². The number of rotatable bonds is 5. The molecule has 0 unspecified atom stereocenters. The van der Waals surface area contributed by atoms with Crippen LogP contribution in [0.25, 0.3) is 11.3 Å². The van der Waals surface area contributed by atoms with Gasteiger partial charge in [0.05, 0.1) is 5.69 Å². The summed E-state index contributed by atoms with van der Waals surface area (Å²) in [6, 6.07) is 5.07. The molecule has 3 heterocycles. The smallest absolute Gasteiger partial charge is 0.387 e. The Hall–Kier alpha value is -2.48. The molecular formula is C21H26F2N4O2. The van der Waals surface area contributed by atoms with Gasteiger partial charge in [-0.2, -0.15) is 8.78 Å². The monoisotopic (exact) mass is 404 g/mol. The van der Waals surface area contributed by atoms with Gasteiger partial charge in [-0.3, -0.25) is 0 Å². The number of fused-ring (bicyclic) bond motifs is 1. The van der Waals surface area contributed by atoms with E-state index in [1.165, 1.54) is 18.6 Å². The van der Waals surface area contributed by atoms with E-state index in [9.17, 15) is 13.9 Å². The molecule has 1 atom stereocenters. The van der Waals surface area contributed by atoms with Crippen molar-refractivity contribution in [2.24, 2.45) is 0 Å². The molecule has 6 nitrogen and oxygen atoms in total. The lowest BCUT2D eigenvalue weighted by atomic mass is 10.0. The van der Waals surface area contributed by atoms with E-state index in [0.29, 0.717) is 22.9 Å². The number of hydrogen-bond acceptors (Lipinski definition) is 6. The van der Waals surface area contributed by atoms with Crippen LogP contribution < -0.4 is 9.64 Å². The summed E-state index contributed by atoms with van der Waals surface area (Å²) in [5.41, 5.74) is 2.75. The summed E-state index contributed by atoms with van der Waals surface area (Å²) in [6.45, 7) is 5.17. The molecule has 2 aliphatic heterocycles. The number of phenolic OH excluding ortho intramolecular Hbond substituents is 1. The van der Waals surface area contributed by atoms with Gasteiger partial charge in [0, 0.05) is 36.3 Å². The van der Waals surface area contributed by atoms with E-state index in [0.717, 1.165) is 50.4 Å². The Bertz CT molecular complexity index is 870. The Morgan fingerprint density at radius 2 is 2.07 bits per heavy atom. The van der Waals surface area contributed by atoms with E-state index in [4.69, 9.17) is 0 Å². The summed E-state index contributed by atoms with van der Waals surface area (Å²) in [4.78, 5) is 4.83. The van der Waals surface area contributed by atoms with Crippen LogP contribution in [0.4, 0.5) is 14.6 Å². The molecule has 4 rings (SSSR count). The molecule has 1 fully saturated rings. The van der Waals surface area contributed by atoms with Crippen molar-refractivity contribution in [1.82, 2.24) is 15.1 Å². The first-order valence-electron chi connectivity index (χ1n) is 10.1. The second-order valence-electron chi connectivity index (χ2n) is 7.72. The summed E-state index contributed by atoms with van der Waals surface area (Å²) < 4.78 is 29.3. The maximum absolute atomic E-state index is 12.5. The Labute approximate surface area is 169 Å². The number of aromatic hydroxyl groups is 1. The van der Waals surface area contributed by atoms with Crippen molar-refractivity contribution in [2.75, 3.05) is 31.1 Å². The molecule has 0 radical (unpaired) electrons. The Balaban J connectivity index is 1.60. The van der Waals surface area contributed by atoms with Gasteiger partial charge in [0.25, 0.3) is 0 Å². The van der Waals surface area contributed by atoms with Crippen LogP contribution in [-0.4, -0.2) is 59.0 Å². The van der Waals surface area contributed by atoms with E-state index in [2.05, 4.69) is 31.7 Å². The minimum absolute atomic E-state index is 0.0724. The average Bonchev–Trinajstić information content (AvgIpc) is 3.10. The van der Waals surface area contributed by atoms with Gasteiger partial charge in [0.15, 0.2) is 5.82 Å². The number of anilines is 1. The van der Waals surface area contributed by atoms with Gasteiger partial charge in [-0.15, -0.1) is 10.2 Å². The zero-order valence-corrected chi connectivity index (χ0v) is 16.7. The van der Waals surface area contributed by atoms with Crippen LogP contribution in [0.5, 0.6) is 11.5 Å². The molecule has 2 aliphatic rings. The number of alkyl halides is 2. The van der Waals surface area contributed by atoms with Crippen molar-refractivity contribution in [2.45, 2.75) is 45.8 Å². The number of nitrogens with zero attached hydrogens (tertiary/aromatic N) is 4. The lowest BCUT2D eigenvalue weighted by Gasteiger charge is -2.37. The molecule has 0 aliphatic carbocycles. The molecule has 29 heavy (non-hydrogen) atoms. The number of benzene rings is 1. The van der Waals surface area contributed by atoms with Crippen molar-refractivity contribution in [1.29, 1.82) is 0 Å². The number of ether oxygens (including phenoxy) is 1. The van der Waals surface area contributed by atoms with Gasteiger partial charge in [0.1, 0.15) is 11.5 Å². The molecule has 0 spiro atoms. The van der Waals surface area contributed by atoms with E-state index in [1.807, 2.05) is 6.07 Å². The van der Waals surface area contributed by atoms with Crippen LogP contribution in [-0.2, 0) is 6.42 Å². The summed E-state index contributed by atoms with van der Waals surface area (Å²) in [5, 5.41) is 19.2. The number of phenols is 1. The van der Waals surface area contributed by atoms with E-state index in [1.54, 1.807) is 6.92 Å². The molecule has 8 heteroatoms. The van der Waals surface area contributed by atoms with Crippen LogP contribution >= 0.6 is 0 Å². The largest absolute Gasteiger partial charge is 0.507 e. The zero-order valence-electron chi connectivity index (χ0n) is 16.7. The van der Waals surface area contributed by atoms with Gasteiger partial charge in [-0.25, -0.2) is 0 Å². The van der Waals surface area contributed by atoms with Gasteiger partial charge in [0.2, 0.25) is 0 Å². The normalized spacial score (nSPS) is 19.6. The first-order valence-corrected chi connectivity index (χ1v) is 10.1. The molecule has 1 aromatic carbocycles. The van der Waals surface area contributed by atoms with Crippen LogP contribution in [0.15, 0.2) is 18.2 Å². The fraction of sp³-hybridized carbons (Fsp3) is 0.524. The van der Waals surface area contributed by atoms with Crippen molar-refractivity contribution < 1.29 is 18.6 Å². The molecule has 156 valence electrons. The third kappa shape index (κ3) is 3.99. The number of aromatic nitrogens is 2. The first kappa shape index (κ1) is 19.8. The second-order valence-corrected chi connectivity index (χ2v) is 7.72. The third-order valence-corrected chi connectivity index (χ3v) is 5.88. The predicted octanol–water partition coefficient (Wildman–Crippen LogP) is 3.61. The molecule has 0 bridgehead atoms. The minimum Gasteiger partial charge on any atom is -0.507 e. The standard InChI is InChI=1S/C21H26F2N4O2/c1-3-26-7-4-5-15(12-26)27-8-6-14-10-17(24-25-20(14)27)19-13(2)9-16(11-18(19)28)29-21(22)23/h9-11,15,21,28H,3-8,12H2,1-2H3/t15-/m1/s1. The fourth-order valence-corrected chi connectivity index (χ4v) is 4.49. The Morgan fingerprint density at radius 1 is 1.24 bits per heavy atom. The maximum atomic E-state index is 12.5. The molecular weight excluding hydrogens is 378 g/mol. The highest BCUT2D eigenvalue weighted by molar-refractivity contribution is 5.73. The average molecular weight is 404 g/mol. The molecule has 0 saturated carbocycles. The van der Waals surface area contributed by atoms with Crippen molar-refractivity contribution in [3.05, 3.63) is 29.3 Å². The SMILES string of the molecule is CCN1CCC[C@@H](N2CCc3cc(-c4c(C)cc(OC(F)F)cc4O)nnc32)C1. The van der Waals surface area contributed by atoms with Gasteiger partial charge in [-0.05, 0) is 57.0 Å². The third-order valence-electron chi connectivity index (χ3n) is 5.88. The molecule has 1 N–H and O–H groups in total. The van der Waals surface area contributed by atoms with Crippen molar-refractivity contribution >= 4 is 5.82 Å². The zero-order chi connectivity index (χ0) is 20.5. The summed E-state index contributed by atoms with van der Waals surface area (Å²) in [6.07, 6.45) is 3.23. The Kier molecular flexibility index (Phi) is 5.54. The predicted molar refractivity (Wildman–Crippen MR) is 107 cm³/mol. The number of likely N-dealkylation sites (tertiary alicyclic amines) is 1. The van der Waals surface area contributed by atoms with Crippen LogP contribution in [0.1, 0.15) is 30.9 Å². The van der Waals surface area contributed by atoms with E-state index in [-0.39, 0.29) is 11.5 Å². The summed E-state index contributed by atoms with van der Waals surface area (Å²) in [7, 11) is 0. The van der Waals surface area contributed by atoms with Gasteiger partial charge in [-0.1, -0.05) is 6.92 Å². The molecule has 1 saturated heterocycles. The van der Waals surface area contributed by atoms with E-state index >= 15 is 0 Å². The fourth-order valence-electron chi connectivity index (χ4n) is 4.49. The van der Waals surface area contributed by atoms with Gasteiger partial charge >= 0.3 is 6.61 Å². The second kappa shape index (κ2) is 8.10. The maximum Gasteiger partial charge on any atom is 0.387 e. The molecule has 0 amide bonds. The minimum atomic E-state index is -2.94. The van der Waals surface area contributed by atoms with Crippen LogP contribution in [0.3, 0.4) is 0 Å². The summed E-state index contributed by atoms with van der Waals surface area (Å²) in [5.74, 6) is 0.707. The highest BCUT2D eigenvalue weighted by Crippen LogP contribution is 2.38. The lowest BCUT2D eigenvalue weighted by molar-refractivity contribution is -0.0499. The lowest BCUT2D eigenvalue weighted by Crippen LogP contribution is -2.47. The van der Waals surface area contributed by atoms with E-state index < -0.39 is 6.61 Å². The van der Waals surface area contributed by atoms with Crippen LogP contribution in [0, 0.1) is 6.92 Å². The van der Waals surface area contributed by atoms with Crippen molar-refractivity contribution in [3.63, 3.8) is 0 Å². The summed E-state index contributed by atoms with van der Waals surface area (Å²) >= 11 is 0.